The number of hydrogen-bond acceptors (Lipinski definition) is 5. The van der Waals surface area contributed by atoms with Gasteiger partial charge >= 0.3 is 0 Å². The number of benzene rings is 1. The van der Waals surface area contributed by atoms with Crippen LogP contribution < -0.4 is 10.1 Å². The molecule has 21 heavy (non-hydrogen) atoms. The van der Waals surface area contributed by atoms with Crippen molar-refractivity contribution in [1.29, 1.82) is 0 Å². The van der Waals surface area contributed by atoms with E-state index in [1.165, 1.54) is 6.92 Å². The van der Waals surface area contributed by atoms with Gasteiger partial charge in [0.05, 0.1) is 22.7 Å². The third-order valence-electron chi connectivity index (χ3n) is 2.38. The SMILES string of the molecule is CC(=O)Nc1ccccc1Oc1cc([N+](=O)[O-])cc(Cl)n1. The second-order valence-corrected chi connectivity index (χ2v) is 4.41. The molecule has 0 aliphatic heterocycles. The molecule has 0 atom stereocenters. The quantitative estimate of drug-likeness (QED) is 0.530. The van der Waals surface area contributed by atoms with Gasteiger partial charge in [0.1, 0.15) is 5.15 Å². The number of pyridine rings is 1. The molecule has 2 rings (SSSR count). The van der Waals surface area contributed by atoms with Gasteiger partial charge in [-0.2, -0.15) is 0 Å². The lowest BCUT2D eigenvalue weighted by molar-refractivity contribution is -0.385. The van der Waals surface area contributed by atoms with Gasteiger partial charge in [-0.15, -0.1) is 0 Å². The Morgan fingerprint density at radius 3 is 2.76 bits per heavy atom. The number of halogens is 1. The predicted molar refractivity (Wildman–Crippen MR) is 76.7 cm³/mol. The second kappa shape index (κ2) is 6.19. The molecule has 0 unspecified atom stereocenters. The summed E-state index contributed by atoms with van der Waals surface area (Å²) in [6.07, 6.45) is 0. The van der Waals surface area contributed by atoms with Gasteiger partial charge in [-0.1, -0.05) is 23.7 Å². The zero-order chi connectivity index (χ0) is 15.4. The molecule has 1 aromatic carbocycles. The van der Waals surface area contributed by atoms with Crippen LogP contribution in [0.2, 0.25) is 5.15 Å². The van der Waals surface area contributed by atoms with Crippen LogP contribution in [0, 0.1) is 10.1 Å². The lowest BCUT2D eigenvalue weighted by Gasteiger charge is -2.10. The summed E-state index contributed by atoms with van der Waals surface area (Å²) in [4.78, 5) is 25.2. The Morgan fingerprint density at radius 1 is 1.38 bits per heavy atom. The van der Waals surface area contributed by atoms with Crippen LogP contribution in [-0.2, 0) is 4.79 Å². The number of nitrogens with one attached hydrogen (secondary N) is 1. The fourth-order valence-electron chi connectivity index (χ4n) is 1.58. The number of aromatic nitrogens is 1. The van der Waals surface area contributed by atoms with E-state index in [2.05, 4.69) is 10.3 Å². The zero-order valence-corrected chi connectivity index (χ0v) is 11.6. The fraction of sp³-hybridized carbons (Fsp3) is 0.0769. The highest BCUT2D eigenvalue weighted by Crippen LogP contribution is 2.31. The van der Waals surface area contributed by atoms with Crippen LogP contribution in [0.15, 0.2) is 36.4 Å². The van der Waals surface area contributed by atoms with Crippen molar-refractivity contribution in [3.8, 4) is 11.6 Å². The fourth-order valence-corrected chi connectivity index (χ4v) is 1.77. The Kier molecular flexibility index (Phi) is 4.34. The molecule has 0 fully saturated rings. The van der Waals surface area contributed by atoms with Gasteiger partial charge in [-0.05, 0) is 12.1 Å². The summed E-state index contributed by atoms with van der Waals surface area (Å²) in [5.41, 5.74) is 0.191. The van der Waals surface area contributed by atoms with Gasteiger partial charge in [0.25, 0.3) is 5.69 Å². The highest BCUT2D eigenvalue weighted by Gasteiger charge is 2.13. The zero-order valence-electron chi connectivity index (χ0n) is 10.9. The monoisotopic (exact) mass is 307 g/mol. The lowest BCUT2D eigenvalue weighted by Crippen LogP contribution is -2.07. The first-order valence-electron chi connectivity index (χ1n) is 5.82. The molecule has 0 radical (unpaired) electrons. The molecule has 1 heterocycles. The molecular formula is C13H10ClN3O4. The van der Waals surface area contributed by atoms with Crippen molar-refractivity contribution in [3.05, 3.63) is 51.7 Å². The average Bonchev–Trinajstić information content (AvgIpc) is 2.39. The van der Waals surface area contributed by atoms with E-state index in [4.69, 9.17) is 16.3 Å². The van der Waals surface area contributed by atoms with E-state index in [1.807, 2.05) is 0 Å². The minimum atomic E-state index is -0.597. The molecule has 0 aliphatic carbocycles. The highest BCUT2D eigenvalue weighted by atomic mass is 35.5. The average molecular weight is 308 g/mol. The summed E-state index contributed by atoms with van der Waals surface area (Å²) in [6.45, 7) is 1.36. The molecular weight excluding hydrogens is 298 g/mol. The van der Waals surface area contributed by atoms with Gasteiger partial charge in [0.2, 0.25) is 11.8 Å². The van der Waals surface area contributed by atoms with Gasteiger partial charge in [0, 0.05) is 6.92 Å². The standard InChI is InChI=1S/C13H10ClN3O4/c1-8(18)15-10-4-2-3-5-11(10)21-13-7-9(17(19)20)6-12(14)16-13/h2-7H,1H3,(H,15,18). The van der Waals surface area contributed by atoms with Crippen molar-refractivity contribution in [2.24, 2.45) is 0 Å². The van der Waals surface area contributed by atoms with E-state index in [9.17, 15) is 14.9 Å². The summed E-state index contributed by atoms with van der Waals surface area (Å²) < 4.78 is 5.47. The van der Waals surface area contributed by atoms with Crippen LogP contribution >= 0.6 is 11.6 Å². The normalized spacial score (nSPS) is 10.0. The van der Waals surface area contributed by atoms with E-state index < -0.39 is 4.92 Å². The van der Waals surface area contributed by atoms with E-state index in [-0.39, 0.29) is 22.6 Å². The Hall–Kier alpha value is -2.67. The van der Waals surface area contributed by atoms with Gasteiger partial charge < -0.3 is 10.1 Å². The largest absolute Gasteiger partial charge is 0.437 e. The van der Waals surface area contributed by atoms with Gasteiger partial charge in [-0.3, -0.25) is 14.9 Å². The smallest absolute Gasteiger partial charge is 0.277 e. The molecule has 1 N–H and O–H groups in total. The minimum Gasteiger partial charge on any atom is -0.437 e. The minimum absolute atomic E-state index is 0.0352. The lowest BCUT2D eigenvalue weighted by atomic mass is 10.3. The molecule has 0 aliphatic rings. The number of nitro groups is 1. The van der Waals surface area contributed by atoms with E-state index in [0.29, 0.717) is 11.4 Å². The number of rotatable bonds is 4. The summed E-state index contributed by atoms with van der Waals surface area (Å²) in [5.74, 6) is -0.000138. The number of para-hydroxylation sites is 2. The number of hydrogen-bond donors (Lipinski definition) is 1. The van der Waals surface area contributed by atoms with E-state index in [0.717, 1.165) is 12.1 Å². The summed E-state index contributed by atoms with van der Waals surface area (Å²) in [7, 11) is 0. The van der Waals surface area contributed by atoms with Crippen molar-refractivity contribution < 1.29 is 14.5 Å². The van der Waals surface area contributed by atoms with Crippen molar-refractivity contribution in [1.82, 2.24) is 4.98 Å². The summed E-state index contributed by atoms with van der Waals surface area (Å²) in [5, 5.41) is 13.3. The Labute approximate surface area is 124 Å². The van der Waals surface area contributed by atoms with Crippen molar-refractivity contribution in [3.63, 3.8) is 0 Å². The van der Waals surface area contributed by atoms with Crippen LogP contribution in [0.5, 0.6) is 11.6 Å². The summed E-state index contributed by atoms with van der Waals surface area (Å²) in [6, 6.07) is 8.91. The number of nitrogens with zero attached hydrogens (tertiary/aromatic N) is 2. The predicted octanol–water partition coefficient (Wildman–Crippen LogP) is 3.39. The Bertz CT molecular complexity index is 706. The molecule has 0 bridgehead atoms. The van der Waals surface area contributed by atoms with Crippen LogP contribution in [0.1, 0.15) is 6.92 Å². The number of amides is 1. The van der Waals surface area contributed by atoms with Crippen LogP contribution in [0.4, 0.5) is 11.4 Å². The Morgan fingerprint density at radius 2 is 2.10 bits per heavy atom. The molecule has 1 amide bonds. The van der Waals surface area contributed by atoms with Gasteiger partial charge in [-0.25, -0.2) is 4.98 Å². The first kappa shape index (κ1) is 14.7. The molecule has 0 spiro atoms. The molecule has 1 aromatic heterocycles. The molecule has 8 heteroatoms. The molecule has 7 nitrogen and oxygen atoms in total. The topological polar surface area (TPSA) is 94.4 Å². The first-order valence-corrected chi connectivity index (χ1v) is 6.20. The van der Waals surface area contributed by atoms with Crippen molar-refractivity contribution >= 4 is 28.9 Å². The number of anilines is 1. The highest BCUT2D eigenvalue weighted by molar-refractivity contribution is 6.29. The van der Waals surface area contributed by atoms with Crippen LogP contribution in [0.3, 0.4) is 0 Å². The first-order chi connectivity index (χ1) is 9.95. The van der Waals surface area contributed by atoms with E-state index in [1.54, 1.807) is 24.3 Å². The molecule has 2 aromatic rings. The number of carbonyl (C=O) groups is 1. The van der Waals surface area contributed by atoms with Crippen LogP contribution in [0.25, 0.3) is 0 Å². The van der Waals surface area contributed by atoms with Crippen molar-refractivity contribution in [2.75, 3.05) is 5.32 Å². The number of ether oxygens (including phenoxy) is 1. The maximum Gasteiger partial charge on any atom is 0.277 e. The molecule has 0 saturated heterocycles. The third-order valence-corrected chi connectivity index (χ3v) is 2.57. The van der Waals surface area contributed by atoms with Gasteiger partial charge in [0.15, 0.2) is 5.75 Å². The van der Waals surface area contributed by atoms with E-state index >= 15 is 0 Å². The maximum absolute atomic E-state index is 11.1. The molecule has 108 valence electrons. The van der Waals surface area contributed by atoms with Crippen molar-refractivity contribution in [2.45, 2.75) is 6.92 Å². The Balaban J connectivity index is 2.34. The third kappa shape index (κ3) is 3.90. The number of carbonyl (C=O) groups excluding carboxylic acids is 1. The molecule has 0 saturated carbocycles. The summed E-state index contributed by atoms with van der Waals surface area (Å²) >= 11 is 5.72. The maximum atomic E-state index is 11.1. The van der Waals surface area contributed by atoms with Crippen LogP contribution in [-0.4, -0.2) is 15.8 Å². The second-order valence-electron chi connectivity index (χ2n) is 4.02.